The van der Waals surface area contributed by atoms with Crippen LogP contribution in [0.4, 0.5) is 0 Å². The fourth-order valence-electron chi connectivity index (χ4n) is 5.57. The summed E-state index contributed by atoms with van der Waals surface area (Å²) in [5.74, 6) is 3.05. The SMILES string of the molecule is O=C(CC1CC2CCC1C2)N1CCN(CC(=O)N2CCCCC2)CC1. The van der Waals surface area contributed by atoms with E-state index in [1.54, 1.807) is 0 Å². The van der Waals surface area contributed by atoms with Gasteiger partial charge in [-0.3, -0.25) is 14.5 Å². The van der Waals surface area contributed by atoms with E-state index in [1.165, 1.54) is 32.1 Å². The highest BCUT2D eigenvalue weighted by Crippen LogP contribution is 2.49. The minimum absolute atomic E-state index is 0.279. The van der Waals surface area contributed by atoms with Crippen molar-refractivity contribution < 1.29 is 9.59 Å². The zero-order chi connectivity index (χ0) is 17.2. The van der Waals surface area contributed by atoms with Crippen LogP contribution in [0.25, 0.3) is 0 Å². The van der Waals surface area contributed by atoms with E-state index in [1.807, 2.05) is 9.80 Å². The molecule has 0 aromatic heterocycles. The Bertz CT molecular complexity index is 495. The number of nitrogens with zero attached hydrogens (tertiary/aromatic N) is 3. The van der Waals surface area contributed by atoms with E-state index in [0.717, 1.165) is 70.4 Å². The summed E-state index contributed by atoms with van der Waals surface area (Å²) in [6.45, 7) is 5.69. The van der Waals surface area contributed by atoms with Gasteiger partial charge in [0, 0.05) is 45.7 Å². The molecular formula is C20H33N3O2. The van der Waals surface area contributed by atoms with Gasteiger partial charge in [-0.25, -0.2) is 0 Å². The Balaban J connectivity index is 1.19. The number of hydrogen-bond acceptors (Lipinski definition) is 3. The van der Waals surface area contributed by atoms with Crippen molar-refractivity contribution in [2.75, 3.05) is 45.8 Å². The van der Waals surface area contributed by atoms with Crippen LogP contribution < -0.4 is 0 Å². The maximum atomic E-state index is 12.6. The van der Waals surface area contributed by atoms with Crippen LogP contribution in [0.1, 0.15) is 51.4 Å². The molecule has 2 saturated heterocycles. The van der Waals surface area contributed by atoms with Crippen LogP contribution in [0.3, 0.4) is 0 Å². The Morgan fingerprint density at radius 3 is 2.12 bits per heavy atom. The Morgan fingerprint density at radius 1 is 0.760 bits per heavy atom. The van der Waals surface area contributed by atoms with Crippen LogP contribution in [0, 0.1) is 17.8 Å². The predicted molar refractivity (Wildman–Crippen MR) is 97.0 cm³/mol. The molecule has 3 atom stereocenters. The van der Waals surface area contributed by atoms with Crippen molar-refractivity contribution >= 4 is 11.8 Å². The van der Waals surface area contributed by atoms with E-state index >= 15 is 0 Å². The molecule has 2 saturated carbocycles. The van der Waals surface area contributed by atoms with Crippen molar-refractivity contribution in [2.24, 2.45) is 17.8 Å². The maximum Gasteiger partial charge on any atom is 0.236 e. The van der Waals surface area contributed by atoms with Crippen LogP contribution in [0.5, 0.6) is 0 Å². The number of fused-ring (bicyclic) bond motifs is 2. The standard InChI is InChI=1S/C20H33N3O2/c24-19(14-18-13-16-4-5-17(18)12-16)23-10-8-21(9-11-23)15-20(25)22-6-2-1-3-7-22/h16-18H,1-15H2. The van der Waals surface area contributed by atoms with Crippen molar-refractivity contribution in [1.82, 2.24) is 14.7 Å². The second kappa shape index (κ2) is 7.65. The minimum atomic E-state index is 0.279. The van der Waals surface area contributed by atoms with Gasteiger partial charge in [0.05, 0.1) is 6.54 Å². The molecule has 2 bridgehead atoms. The molecule has 3 unspecified atom stereocenters. The highest BCUT2D eigenvalue weighted by Gasteiger charge is 2.40. The lowest BCUT2D eigenvalue weighted by Gasteiger charge is -2.36. The van der Waals surface area contributed by atoms with Crippen LogP contribution in [-0.4, -0.2) is 72.3 Å². The molecule has 0 radical (unpaired) electrons. The topological polar surface area (TPSA) is 43.9 Å². The lowest BCUT2D eigenvalue weighted by atomic mass is 9.86. The van der Waals surface area contributed by atoms with Gasteiger partial charge < -0.3 is 9.80 Å². The number of likely N-dealkylation sites (tertiary alicyclic amines) is 1. The Labute approximate surface area is 151 Å². The first-order valence-electron chi connectivity index (χ1n) is 10.5. The number of rotatable bonds is 4. The molecule has 2 heterocycles. The largest absolute Gasteiger partial charge is 0.342 e. The van der Waals surface area contributed by atoms with E-state index in [2.05, 4.69) is 4.90 Å². The maximum absolute atomic E-state index is 12.6. The average Bonchev–Trinajstić information content (AvgIpc) is 3.26. The summed E-state index contributed by atoms with van der Waals surface area (Å²) in [5, 5.41) is 0. The summed E-state index contributed by atoms with van der Waals surface area (Å²) in [7, 11) is 0. The lowest BCUT2D eigenvalue weighted by molar-refractivity contribution is -0.136. The zero-order valence-electron chi connectivity index (χ0n) is 15.5. The number of amides is 2. The minimum Gasteiger partial charge on any atom is -0.342 e. The van der Waals surface area contributed by atoms with E-state index in [4.69, 9.17) is 0 Å². The van der Waals surface area contributed by atoms with E-state index in [-0.39, 0.29) is 5.91 Å². The third-order valence-corrected chi connectivity index (χ3v) is 7.11. The summed E-state index contributed by atoms with van der Waals surface area (Å²) in [4.78, 5) is 31.3. The van der Waals surface area contributed by atoms with Gasteiger partial charge in [0.15, 0.2) is 0 Å². The van der Waals surface area contributed by atoms with Gasteiger partial charge in [-0.2, -0.15) is 0 Å². The number of carbonyl (C=O) groups is 2. The van der Waals surface area contributed by atoms with Gasteiger partial charge in [0.2, 0.25) is 11.8 Å². The fraction of sp³-hybridized carbons (Fsp3) is 0.900. The monoisotopic (exact) mass is 347 g/mol. The lowest BCUT2D eigenvalue weighted by Crippen LogP contribution is -2.52. The normalized spacial score (nSPS) is 33.0. The first kappa shape index (κ1) is 17.3. The predicted octanol–water partition coefficient (Wildman–Crippen LogP) is 1.97. The summed E-state index contributed by atoms with van der Waals surface area (Å²) in [5.41, 5.74) is 0. The molecule has 2 aliphatic carbocycles. The van der Waals surface area contributed by atoms with Gasteiger partial charge in [-0.1, -0.05) is 6.42 Å². The Morgan fingerprint density at radius 2 is 1.48 bits per heavy atom. The molecule has 5 heteroatoms. The van der Waals surface area contributed by atoms with E-state index in [0.29, 0.717) is 18.4 Å². The van der Waals surface area contributed by atoms with Gasteiger partial charge in [-0.05, 0) is 56.3 Å². The molecular weight excluding hydrogens is 314 g/mol. The molecule has 2 amide bonds. The molecule has 140 valence electrons. The van der Waals surface area contributed by atoms with Crippen molar-refractivity contribution in [2.45, 2.75) is 51.4 Å². The highest BCUT2D eigenvalue weighted by molar-refractivity contribution is 5.78. The van der Waals surface area contributed by atoms with Crippen LogP contribution >= 0.6 is 0 Å². The molecule has 2 aliphatic heterocycles. The van der Waals surface area contributed by atoms with Crippen molar-refractivity contribution in [3.63, 3.8) is 0 Å². The third kappa shape index (κ3) is 4.02. The van der Waals surface area contributed by atoms with Gasteiger partial charge in [0.25, 0.3) is 0 Å². The number of carbonyl (C=O) groups excluding carboxylic acids is 2. The number of hydrogen-bond donors (Lipinski definition) is 0. The molecule has 0 N–H and O–H groups in total. The fourth-order valence-corrected chi connectivity index (χ4v) is 5.57. The van der Waals surface area contributed by atoms with Crippen LogP contribution in [0.2, 0.25) is 0 Å². The van der Waals surface area contributed by atoms with E-state index in [9.17, 15) is 9.59 Å². The Hall–Kier alpha value is -1.10. The van der Waals surface area contributed by atoms with Crippen molar-refractivity contribution in [3.8, 4) is 0 Å². The molecule has 0 aromatic carbocycles. The first-order chi connectivity index (χ1) is 12.2. The molecule has 5 nitrogen and oxygen atoms in total. The summed E-state index contributed by atoms with van der Waals surface area (Å²) in [6.07, 6.45) is 9.76. The smallest absolute Gasteiger partial charge is 0.236 e. The third-order valence-electron chi connectivity index (χ3n) is 7.11. The van der Waals surface area contributed by atoms with Crippen LogP contribution in [-0.2, 0) is 9.59 Å². The summed E-state index contributed by atoms with van der Waals surface area (Å²) in [6, 6.07) is 0. The first-order valence-corrected chi connectivity index (χ1v) is 10.5. The molecule has 4 fully saturated rings. The second-order valence-corrected chi connectivity index (χ2v) is 8.74. The molecule has 4 aliphatic rings. The van der Waals surface area contributed by atoms with Gasteiger partial charge in [0.1, 0.15) is 0 Å². The molecule has 0 spiro atoms. The van der Waals surface area contributed by atoms with E-state index < -0.39 is 0 Å². The number of piperazine rings is 1. The summed E-state index contributed by atoms with van der Waals surface area (Å²) < 4.78 is 0. The summed E-state index contributed by atoms with van der Waals surface area (Å²) >= 11 is 0. The average molecular weight is 348 g/mol. The Kier molecular flexibility index (Phi) is 5.30. The second-order valence-electron chi connectivity index (χ2n) is 8.74. The van der Waals surface area contributed by atoms with Crippen molar-refractivity contribution in [1.29, 1.82) is 0 Å². The number of piperidine rings is 1. The van der Waals surface area contributed by atoms with Crippen LogP contribution in [0.15, 0.2) is 0 Å². The highest BCUT2D eigenvalue weighted by atomic mass is 16.2. The molecule has 0 aromatic rings. The van der Waals surface area contributed by atoms with Gasteiger partial charge in [-0.15, -0.1) is 0 Å². The van der Waals surface area contributed by atoms with Crippen molar-refractivity contribution in [3.05, 3.63) is 0 Å². The van der Waals surface area contributed by atoms with Gasteiger partial charge >= 0.3 is 0 Å². The molecule has 25 heavy (non-hydrogen) atoms. The quantitative estimate of drug-likeness (QED) is 0.781. The molecule has 4 rings (SSSR count). The zero-order valence-corrected chi connectivity index (χ0v) is 15.5.